The summed E-state index contributed by atoms with van der Waals surface area (Å²) < 4.78 is 5.77. The molecule has 0 radical (unpaired) electrons. The van der Waals surface area contributed by atoms with Crippen LogP contribution in [0.15, 0.2) is 42.5 Å². The molecule has 0 saturated carbocycles. The number of benzene rings is 2. The van der Waals surface area contributed by atoms with E-state index in [-0.39, 0.29) is 5.91 Å². The summed E-state index contributed by atoms with van der Waals surface area (Å²) in [5.41, 5.74) is 9.34. The minimum Gasteiger partial charge on any atom is -0.494 e. The fraction of sp³-hybridized carbons (Fsp3) is 0.409. The molecular formula is C22H29N3O2. The fourth-order valence-corrected chi connectivity index (χ4v) is 3.23. The van der Waals surface area contributed by atoms with Crippen LogP contribution >= 0.6 is 0 Å². The molecule has 0 saturated heterocycles. The maximum Gasteiger partial charge on any atom is 0.258 e. The second kappa shape index (κ2) is 9.42. The summed E-state index contributed by atoms with van der Waals surface area (Å²) in [6.45, 7) is 5.09. The smallest absolute Gasteiger partial charge is 0.258 e. The highest BCUT2D eigenvalue weighted by Gasteiger charge is 2.25. The molecule has 0 unspecified atom stereocenters. The van der Waals surface area contributed by atoms with Gasteiger partial charge in [-0.25, -0.2) is 0 Å². The van der Waals surface area contributed by atoms with E-state index in [9.17, 15) is 4.79 Å². The lowest BCUT2D eigenvalue weighted by Crippen LogP contribution is -2.37. The second-order valence-corrected chi connectivity index (χ2v) is 6.84. The van der Waals surface area contributed by atoms with Gasteiger partial charge in [0, 0.05) is 30.0 Å². The van der Waals surface area contributed by atoms with Crippen molar-refractivity contribution in [1.82, 2.24) is 0 Å². The van der Waals surface area contributed by atoms with Crippen LogP contribution in [0.1, 0.15) is 42.1 Å². The van der Waals surface area contributed by atoms with Crippen molar-refractivity contribution < 1.29 is 9.53 Å². The van der Waals surface area contributed by atoms with E-state index in [0.717, 1.165) is 67.1 Å². The normalized spacial score (nSPS) is 13.4. The second-order valence-electron chi connectivity index (χ2n) is 6.84. The maximum absolute atomic E-state index is 12.9. The number of amides is 1. The van der Waals surface area contributed by atoms with Gasteiger partial charge in [-0.1, -0.05) is 13.3 Å². The maximum atomic E-state index is 12.9. The SMILES string of the molecule is CCCCOc1ccc2c(c1)CCN(c1ccc(NCCCN)cc1)C2=O. The van der Waals surface area contributed by atoms with Gasteiger partial charge in [-0.2, -0.15) is 0 Å². The zero-order valence-corrected chi connectivity index (χ0v) is 16.0. The Kier molecular flexibility index (Phi) is 6.71. The molecule has 3 rings (SSSR count). The molecule has 1 aliphatic heterocycles. The highest BCUT2D eigenvalue weighted by atomic mass is 16.5. The van der Waals surface area contributed by atoms with E-state index < -0.39 is 0 Å². The van der Waals surface area contributed by atoms with Gasteiger partial charge in [0.05, 0.1) is 6.61 Å². The molecule has 27 heavy (non-hydrogen) atoms. The van der Waals surface area contributed by atoms with E-state index in [2.05, 4.69) is 12.2 Å². The highest BCUT2D eigenvalue weighted by molar-refractivity contribution is 6.08. The third-order valence-electron chi connectivity index (χ3n) is 4.81. The van der Waals surface area contributed by atoms with Gasteiger partial charge >= 0.3 is 0 Å². The van der Waals surface area contributed by atoms with Crippen LogP contribution in [-0.4, -0.2) is 32.1 Å². The predicted molar refractivity (Wildman–Crippen MR) is 111 cm³/mol. The minimum atomic E-state index is 0.0557. The quantitative estimate of drug-likeness (QED) is 0.661. The Balaban J connectivity index is 1.67. The van der Waals surface area contributed by atoms with Gasteiger partial charge < -0.3 is 20.7 Å². The molecular weight excluding hydrogens is 338 g/mol. The largest absolute Gasteiger partial charge is 0.494 e. The summed E-state index contributed by atoms with van der Waals surface area (Å²) >= 11 is 0. The number of anilines is 2. The van der Waals surface area contributed by atoms with Gasteiger partial charge in [-0.15, -0.1) is 0 Å². The Bertz CT molecular complexity index is 759. The molecule has 1 aliphatic rings. The molecule has 2 aromatic carbocycles. The lowest BCUT2D eigenvalue weighted by Gasteiger charge is -2.29. The molecule has 3 N–H and O–H groups in total. The highest BCUT2D eigenvalue weighted by Crippen LogP contribution is 2.28. The number of nitrogens with zero attached hydrogens (tertiary/aromatic N) is 1. The fourth-order valence-electron chi connectivity index (χ4n) is 3.23. The molecule has 0 aliphatic carbocycles. The van der Waals surface area contributed by atoms with Crippen LogP contribution < -0.4 is 20.7 Å². The van der Waals surface area contributed by atoms with Crippen LogP contribution in [0.25, 0.3) is 0 Å². The first-order valence-corrected chi connectivity index (χ1v) is 9.84. The van der Waals surface area contributed by atoms with E-state index in [0.29, 0.717) is 13.1 Å². The van der Waals surface area contributed by atoms with Crippen LogP contribution in [0, 0.1) is 0 Å². The molecule has 0 aromatic heterocycles. The van der Waals surface area contributed by atoms with Crippen molar-refractivity contribution in [3.8, 4) is 5.75 Å². The molecule has 1 heterocycles. The summed E-state index contributed by atoms with van der Waals surface area (Å²) in [6, 6.07) is 13.8. The Morgan fingerprint density at radius 1 is 1.15 bits per heavy atom. The number of nitrogens with one attached hydrogen (secondary N) is 1. The molecule has 144 valence electrons. The van der Waals surface area contributed by atoms with Crippen LogP contribution in [0.5, 0.6) is 5.75 Å². The lowest BCUT2D eigenvalue weighted by molar-refractivity contribution is 0.0980. The monoisotopic (exact) mass is 367 g/mol. The summed E-state index contributed by atoms with van der Waals surface area (Å²) in [6.07, 6.45) is 3.93. The number of hydrogen-bond donors (Lipinski definition) is 2. The van der Waals surface area contributed by atoms with Gasteiger partial charge in [0.25, 0.3) is 5.91 Å². The topological polar surface area (TPSA) is 67.6 Å². The zero-order valence-electron chi connectivity index (χ0n) is 16.0. The van der Waals surface area contributed by atoms with Crippen molar-refractivity contribution in [3.05, 3.63) is 53.6 Å². The first kappa shape index (κ1) is 19.2. The third-order valence-corrected chi connectivity index (χ3v) is 4.81. The van der Waals surface area contributed by atoms with Gasteiger partial charge in [0.2, 0.25) is 0 Å². The van der Waals surface area contributed by atoms with Crippen molar-refractivity contribution in [1.29, 1.82) is 0 Å². The van der Waals surface area contributed by atoms with Crippen LogP contribution in [0.3, 0.4) is 0 Å². The molecule has 0 spiro atoms. The van der Waals surface area contributed by atoms with Gasteiger partial charge in [-0.05, 0) is 73.8 Å². The standard InChI is InChI=1S/C22H29N3O2/c1-2-3-15-27-20-9-10-21-17(16-20)11-14-25(22(21)26)19-7-5-18(6-8-19)24-13-4-12-23/h5-10,16,24H,2-4,11-15,23H2,1H3. The van der Waals surface area contributed by atoms with E-state index in [1.165, 1.54) is 0 Å². The predicted octanol–water partition coefficient (Wildman–Crippen LogP) is 3.83. The summed E-state index contributed by atoms with van der Waals surface area (Å²) in [5, 5.41) is 3.33. The molecule has 5 heteroatoms. The van der Waals surface area contributed by atoms with E-state index >= 15 is 0 Å². The van der Waals surface area contributed by atoms with Crippen LogP contribution in [0.2, 0.25) is 0 Å². The Morgan fingerprint density at radius 2 is 1.96 bits per heavy atom. The van der Waals surface area contributed by atoms with E-state index in [1.807, 2.05) is 47.4 Å². The number of carbonyl (C=O) groups excluding carboxylic acids is 1. The molecule has 0 fully saturated rings. The third kappa shape index (κ3) is 4.80. The zero-order chi connectivity index (χ0) is 19.1. The number of ether oxygens (including phenoxy) is 1. The van der Waals surface area contributed by atoms with Crippen LogP contribution in [0.4, 0.5) is 11.4 Å². The van der Waals surface area contributed by atoms with Crippen molar-refractivity contribution >= 4 is 17.3 Å². The van der Waals surface area contributed by atoms with Crippen molar-refractivity contribution in [2.75, 3.05) is 36.5 Å². The summed E-state index contributed by atoms with van der Waals surface area (Å²) in [5.74, 6) is 0.913. The minimum absolute atomic E-state index is 0.0557. The van der Waals surface area contributed by atoms with Gasteiger partial charge in [0.15, 0.2) is 0 Å². The number of carbonyl (C=O) groups is 1. The van der Waals surface area contributed by atoms with Crippen molar-refractivity contribution in [2.45, 2.75) is 32.6 Å². The van der Waals surface area contributed by atoms with E-state index in [1.54, 1.807) is 0 Å². The first-order chi connectivity index (χ1) is 13.2. The van der Waals surface area contributed by atoms with Crippen LogP contribution in [-0.2, 0) is 6.42 Å². The lowest BCUT2D eigenvalue weighted by atomic mass is 9.98. The van der Waals surface area contributed by atoms with Crippen molar-refractivity contribution in [2.24, 2.45) is 5.73 Å². The van der Waals surface area contributed by atoms with Gasteiger partial charge in [-0.3, -0.25) is 4.79 Å². The van der Waals surface area contributed by atoms with E-state index in [4.69, 9.17) is 10.5 Å². The molecule has 5 nitrogen and oxygen atoms in total. The summed E-state index contributed by atoms with van der Waals surface area (Å²) in [7, 11) is 0. The number of unbranched alkanes of at least 4 members (excludes halogenated alkanes) is 1. The molecule has 0 bridgehead atoms. The molecule has 1 amide bonds. The summed E-state index contributed by atoms with van der Waals surface area (Å²) in [4.78, 5) is 14.8. The molecule has 2 aromatic rings. The number of hydrogen-bond acceptors (Lipinski definition) is 4. The number of rotatable bonds is 9. The van der Waals surface area contributed by atoms with Crippen molar-refractivity contribution in [3.63, 3.8) is 0 Å². The Labute approximate surface area is 161 Å². The number of nitrogens with two attached hydrogens (primary N) is 1. The average molecular weight is 367 g/mol. The first-order valence-electron chi connectivity index (χ1n) is 9.84. The van der Waals surface area contributed by atoms with Gasteiger partial charge in [0.1, 0.15) is 5.75 Å². The Hall–Kier alpha value is -2.53. The Morgan fingerprint density at radius 3 is 2.70 bits per heavy atom. The average Bonchev–Trinajstić information content (AvgIpc) is 2.69. The number of fused-ring (bicyclic) bond motifs is 1. The molecule has 0 atom stereocenters.